The molecule has 0 spiro atoms. The Balaban J connectivity index is 3.14. The molecular formula is C12H17ClF3N3. The monoisotopic (exact) mass is 295 g/mol. The van der Waals surface area contributed by atoms with Crippen LogP contribution in [0.4, 0.5) is 19.0 Å². The second-order valence-electron chi connectivity index (χ2n) is 5.25. The quantitative estimate of drug-likeness (QED) is 0.794. The van der Waals surface area contributed by atoms with E-state index in [9.17, 15) is 13.2 Å². The number of alkyl halides is 3. The molecule has 0 saturated carbocycles. The lowest BCUT2D eigenvalue weighted by Crippen LogP contribution is -2.35. The maximum absolute atomic E-state index is 12.5. The van der Waals surface area contributed by atoms with Gasteiger partial charge in [-0.3, -0.25) is 0 Å². The molecule has 0 amide bonds. The molecule has 3 nitrogen and oxygen atoms in total. The van der Waals surface area contributed by atoms with Crippen molar-refractivity contribution in [2.75, 3.05) is 18.0 Å². The van der Waals surface area contributed by atoms with Crippen LogP contribution in [-0.2, 0) is 5.41 Å². The molecular weight excluding hydrogens is 279 g/mol. The van der Waals surface area contributed by atoms with E-state index in [1.165, 1.54) is 6.07 Å². The predicted molar refractivity (Wildman–Crippen MR) is 69.7 cm³/mol. The summed E-state index contributed by atoms with van der Waals surface area (Å²) >= 11 is 5.87. The molecule has 0 aromatic carbocycles. The molecule has 0 atom stereocenters. The van der Waals surface area contributed by atoms with Gasteiger partial charge in [0.2, 0.25) is 0 Å². The highest BCUT2D eigenvalue weighted by atomic mass is 35.5. The van der Waals surface area contributed by atoms with E-state index in [4.69, 9.17) is 11.6 Å². The first-order chi connectivity index (χ1) is 8.53. The van der Waals surface area contributed by atoms with Crippen molar-refractivity contribution in [1.82, 2.24) is 9.97 Å². The zero-order valence-electron chi connectivity index (χ0n) is 11.3. The Morgan fingerprint density at radius 2 is 1.79 bits per heavy atom. The van der Waals surface area contributed by atoms with Crippen molar-refractivity contribution in [1.29, 1.82) is 0 Å². The van der Waals surface area contributed by atoms with Crippen LogP contribution in [0.2, 0.25) is 5.15 Å². The number of anilines is 1. The lowest BCUT2D eigenvalue weighted by Gasteiger charge is -2.25. The molecule has 0 bridgehead atoms. The maximum atomic E-state index is 12.5. The zero-order chi connectivity index (χ0) is 14.8. The molecule has 108 valence electrons. The summed E-state index contributed by atoms with van der Waals surface area (Å²) in [5.41, 5.74) is -0.378. The standard InChI is InChI=1S/C12H17ClF3N3/c1-5-19(7-12(14,15)16)9-6-8(13)17-10(18-9)11(2,3)4/h6H,5,7H2,1-4H3. The molecule has 0 N–H and O–H groups in total. The number of rotatable bonds is 3. The molecule has 1 aromatic rings. The van der Waals surface area contributed by atoms with E-state index >= 15 is 0 Å². The van der Waals surface area contributed by atoms with E-state index < -0.39 is 12.7 Å². The third kappa shape index (κ3) is 4.86. The summed E-state index contributed by atoms with van der Waals surface area (Å²) in [5.74, 6) is 0.625. The first-order valence-corrected chi connectivity index (χ1v) is 6.27. The van der Waals surface area contributed by atoms with Crippen LogP contribution in [0.3, 0.4) is 0 Å². The summed E-state index contributed by atoms with van der Waals surface area (Å²) < 4.78 is 37.5. The number of hydrogen-bond donors (Lipinski definition) is 0. The van der Waals surface area contributed by atoms with Crippen LogP contribution in [0.1, 0.15) is 33.5 Å². The van der Waals surface area contributed by atoms with Gasteiger partial charge in [-0.1, -0.05) is 32.4 Å². The van der Waals surface area contributed by atoms with Gasteiger partial charge in [-0.15, -0.1) is 0 Å². The number of halogens is 4. The Bertz CT molecular complexity index is 441. The first kappa shape index (κ1) is 16.0. The molecule has 19 heavy (non-hydrogen) atoms. The molecule has 7 heteroatoms. The van der Waals surface area contributed by atoms with Gasteiger partial charge in [-0.05, 0) is 6.92 Å². The normalized spacial score (nSPS) is 12.6. The van der Waals surface area contributed by atoms with E-state index in [0.717, 1.165) is 4.90 Å². The van der Waals surface area contributed by atoms with Crippen LogP contribution >= 0.6 is 11.6 Å². The topological polar surface area (TPSA) is 29.0 Å². The fourth-order valence-corrected chi connectivity index (χ4v) is 1.65. The summed E-state index contributed by atoms with van der Waals surface area (Å²) in [6.45, 7) is 6.41. The van der Waals surface area contributed by atoms with Gasteiger partial charge in [-0.2, -0.15) is 13.2 Å². The summed E-state index contributed by atoms with van der Waals surface area (Å²) in [6.07, 6.45) is -4.28. The highest BCUT2D eigenvalue weighted by Crippen LogP contribution is 2.26. The highest BCUT2D eigenvalue weighted by molar-refractivity contribution is 6.29. The van der Waals surface area contributed by atoms with Crippen LogP contribution in [0.25, 0.3) is 0 Å². The number of hydrogen-bond acceptors (Lipinski definition) is 3. The van der Waals surface area contributed by atoms with E-state index in [1.807, 2.05) is 20.8 Å². The molecule has 0 aliphatic carbocycles. The average Bonchev–Trinajstić information content (AvgIpc) is 2.22. The van der Waals surface area contributed by atoms with Crippen molar-refractivity contribution in [3.63, 3.8) is 0 Å². The van der Waals surface area contributed by atoms with Crippen molar-refractivity contribution >= 4 is 17.4 Å². The van der Waals surface area contributed by atoms with Crippen LogP contribution in [0.5, 0.6) is 0 Å². The maximum Gasteiger partial charge on any atom is 0.405 e. The largest absolute Gasteiger partial charge is 0.405 e. The SMILES string of the molecule is CCN(CC(F)(F)F)c1cc(Cl)nc(C(C)(C)C)n1. The third-order valence-electron chi connectivity index (χ3n) is 2.43. The summed E-state index contributed by atoms with van der Waals surface area (Å²) in [7, 11) is 0. The summed E-state index contributed by atoms with van der Waals surface area (Å²) in [6, 6.07) is 1.35. The van der Waals surface area contributed by atoms with Gasteiger partial charge in [0.05, 0.1) is 0 Å². The average molecular weight is 296 g/mol. The van der Waals surface area contributed by atoms with Crippen LogP contribution in [-0.4, -0.2) is 29.2 Å². The molecule has 0 fully saturated rings. The summed E-state index contributed by atoms with van der Waals surface area (Å²) in [5, 5.41) is 0.149. The fourth-order valence-electron chi connectivity index (χ4n) is 1.47. The van der Waals surface area contributed by atoms with Crippen molar-refractivity contribution in [2.45, 2.75) is 39.3 Å². The lowest BCUT2D eigenvalue weighted by molar-refractivity contribution is -0.119. The Labute approximate surface area is 115 Å². The third-order valence-corrected chi connectivity index (χ3v) is 2.62. The van der Waals surface area contributed by atoms with Gasteiger partial charge in [0.25, 0.3) is 0 Å². The molecule has 0 aliphatic heterocycles. The van der Waals surface area contributed by atoms with Crippen molar-refractivity contribution in [2.24, 2.45) is 0 Å². The summed E-state index contributed by atoms with van der Waals surface area (Å²) in [4.78, 5) is 9.38. The van der Waals surface area contributed by atoms with Crippen LogP contribution < -0.4 is 4.90 Å². The van der Waals surface area contributed by atoms with Crippen LogP contribution in [0, 0.1) is 0 Å². The molecule has 0 unspecified atom stereocenters. The van der Waals surface area contributed by atoms with Gasteiger partial charge >= 0.3 is 6.18 Å². The van der Waals surface area contributed by atoms with Gasteiger partial charge in [0, 0.05) is 18.0 Å². The molecule has 0 saturated heterocycles. The Morgan fingerprint density at radius 3 is 2.21 bits per heavy atom. The Hall–Kier alpha value is -1.04. The van der Waals surface area contributed by atoms with Crippen molar-refractivity contribution < 1.29 is 13.2 Å². The lowest BCUT2D eigenvalue weighted by atomic mass is 9.96. The minimum absolute atomic E-state index is 0.149. The molecule has 0 aliphatic rings. The minimum Gasteiger partial charge on any atom is -0.348 e. The Morgan fingerprint density at radius 1 is 1.21 bits per heavy atom. The van der Waals surface area contributed by atoms with Crippen molar-refractivity contribution in [3.8, 4) is 0 Å². The molecule has 1 rings (SSSR count). The van der Waals surface area contributed by atoms with E-state index in [2.05, 4.69) is 9.97 Å². The fraction of sp³-hybridized carbons (Fsp3) is 0.667. The second kappa shape index (κ2) is 5.53. The van der Waals surface area contributed by atoms with Gasteiger partial charge in [0.1, 0.15) is 23.3 Å². The highest BCUT2D eigenvalue weighted by Gasteiger charge is 2.31. The molecule has 0 radical (unpaired) electrons. The van der Waals surface area contributed by atoms with Crippen LogP contribution in [0.15, 0.2) is 6.07 Å². The molecule has 1 aromatic heterocycles. The van der Waals surface area contributed by atoms with E-state index in [1.54, 1.807) is 6.92 Å². The van der Waals surface area contributed by atoms with E-state index in [0.29, 0.717) is 5.82 Å². The van der Waals surface area contributed by atoms with Gasteiger partial charge in [-0.25, -0.2) is 9.97 Å². The number of nitrogens with zero attached hydrogens (tertiary/aromatic N) is 3. The van der Waals surface area contributed by atoms with Gasteiger partial charge in [0.15, 0.2) is 0 Å². The predicted octanol–water partition coefficient (Wildman–Crippen LogP) is 3.82. The van der Waals surface area contributed by atoms with E-state index in [-0.39, 0.29) is 22.9 Å². The number of aromatic nitrogens is 2. The smallest absolute Gasteiger partial charge is 0.348 e. The van der Waals surface area contributed by atoms with Gasteiger partial charge < -0.3 is 4.90 Å². The molecule has 1 heterocycles. The second-order valence-corrected chi connectivity index (χ2v) is 5.64. The zero-order valence-corrected chi connectivity index (χ0v) is 12.1. The first-order valence-electron chi connectivity index (χ1n) is 5.89. The minimum atomic E-state index is -4.28. The Kier molecular flexibility index (Phi) is 4.66. The van der Waals surface area contributed by atoms with Crippen molar-refractivity contribution in [3.05, 3.63) is 17.0 Å².